The molecule has 0 aliphatic carbocycles. The van der Waals surface area contributed by atoms with Crippen LogP contribution in [0.3, 0.4) is 0 Å². The van der Waals surface area contributed by atoms with E-state index in [1.54, 1.807) is 6.07 Å². The van der Waals surface area contributed by atoms with E-state index in [4.69, 9.17) is 11.6 Å². The lowest BCUT2D eigenvalue weighted by molar-refractivity contribution is -0.384. The summed E-state index contributed by atoms with van der Waals surface area (Å²) < 4.78 is 0. The van der Waals surface area contributed by atoms with E-state index in [2.05, 4.69) is 24.1 Å². The standard InChI is InChI=1S/C13H20ClN3O2/c1-13(2,9-16(3)4)8-15-11-7-10(14)5-6-12(11)17(18)19/h5-7,15H,8-9H2,1-4H3. The SMILES string of the molecule is CN(C)CC(C)(C)CNc1cc(Cl)ccc1[N+](=O)[O-]. The fraction of sp³-hybridized carbons (Fsp3) is 0.538. The summed E-state index contributed by atoms with van der Waals surface area (Å²) in [6.45, 7) is 5.73. The number of halogens is 1. The Balaban J connectivity index is 2.82. The number of benzene rings is 1. The predicted molar refractivity (Wildman–Crippen MR) is 78.9 cm³/mol. The minimum atomic E-state index is -0.405. The van der Waals surface area contributed by atoms with Crippen molar-refractivity contribution >= 4 is 23.0 Å². The molecule has 1 rings (SSSR count). The molecular formula is C13H20ClN3O2. The number of nitrogens with zero attached hydrogens (tertiary/aromatic N) is 2. The van der Waals surface area contributed by atoms with Gasteiger partial charge in [-0.1, -0.05) is 25.4 Å². The third-order valence-corrected chi connectivity index (χ3v) is 2.89. The highest BCUT2D eigenvalue weighted by molar-refractivity contribution is 6.31. The molecule has 0 spiro atoms. The molecule has 0 aliphatic rings. The summed E-state index contributed by atoms with van der Waals surface area (Å²) in [5.41, 5.74) is 0.508. The second-order valence-electron chi connectivity index (χ2n) is 5.67. The number of hydrogen-bond donors (Lipinski definition) is 1. The van der Waals surface area contributed by atoms with Crippen molar-refractivity contribution in [2.24, 2.45) is 5.41 Å². The van der Waals surface area contributed by atoms with Gasteiger partial charge in [0.25, 0.3) is 5.69 Å². The quantitative estimate of drug-likeness (QED) is 0.644. The molecule has 106 valence electrons. The number of hydrogen-bond acceptors (Lipinski definition) is 4. The van der Waals surface area contributed by atoms with Gasteiger partial charge >= 0.3 is 0 Å². The average molecular weight is 286 g/mol. The van der Waals surface area contributed by atoms with E-state index >= 15 is 0 Å². The fourth-order valence-electron chi connectivity index (χ4n) is 2.06. The van der Waals surface area contributed by atoms with Crippen molar-refractivity contribution in [3.05, 3.63) is 33.3 Å². The highest BCUT2D eigenvalue weighted by atomic mass is 35.5. The second kappa shape index (κ2) is 6.21. The molecule has 0 aliphatic heterocycles. The Morgan fingerprint density at radius 3 is 2.58 bits per heavy atom. The third kappa shape index (κ3) is 5.04. The van der Waals surface area contributed by atoms with Crippen molar-refractivity contribution in [3.8, 4) is 0 Å². The Kier molecular flexibility index (Phi) is 5.14. The first-order valence-electron chi connectivity index (χ1n) is 6.04. The maximum Gasteiger partial charge on any atom is 0.292 e. The number of nitrogens with one attached hydrogen (secondary N) is 1. The largest absolute Gasteiger partial charge is 0.379 e. The van der Waals surface area contributed by atoms with Crippen molar-refractivity contribution in [3.63, 3.8) is 0 Å². The smallest absolute Gasteiger partial charge is 0.292 e. The molecule has 0 unspecified atom stereocenters. The summed E-state index contributed by atoms with van der Waals surface area (Å²) in [5.74, 6) is 0. The van der Waals surface area contributed by atoms with Gasteiger partial charge in [-0.3, -0.25) is 10.1 Å². The zero-order valence-electron chi connectivity index (χ0n) is 11.7. The van der Waals surface area contributed by atoms with Crippen molar-refractivity contribution < 1.29 is 4.92 Å². The summed E-state index contributed by atoms with van der Waals surface area (Å²) in [6, 6.07) is 4.53. The molecule has 5 nitrogen and oxygen atoms in total. The molecule has 1 N–H and O–H groups in total. The molecule has 0 atom stereocenters. The minimum absolute atomic E-state index is 0.000311. The molecule has 0 amide bonds. The summed E-state index contributed by atoms with van der Waals surface area (Å²) in [6.07, 6.45) is 0. The van der Waals surface area contributed by atoms with E-state index in [1.807, 2.05) is 14.1 Å². The van der Waals surface area contributed by atoms with E-state index in [9.17, 15) is 10.1 Å². The van der Waals surface area contributed by atoms with Crippen LogP contribution in [0.15, 0.2) is 18.2 Å². The Hall–Kier alpha value is -1.33. The molecule has 1 aromatic rings. The monoisotopic (exact) mass is 285 g/mol. The summed E-state index contributed by atoms with van der Waals surface area (Å²) >= 11 is 5.89. The van der Waals surface area contributed by atoms with Gasteiger partial charge in [-0.25, -0.2) is 0 Å². The van der Waals surface area contributed by atoms with Crippen molar-refractivity contribution in [1.82, 2.24) is 4.90 Å². The van der Waals surface area contributed by atoms with Crippen molar-refractivity contribution in [2.45, 2.75) is 13.8 Å². The molecule has 19 heavy (non-hydrogen) atoms. The van der Waals surface area contributed by atoms with Gasteiger partial charge in [-0.2, -0.15) is 0 Å². The van der Waals surface area contributed by atoms with Crippen LogP contribution in [-0.4, -0.2) is 37.0 Å². The minimum Gasteiger partial charge on any atom is -0.379 e. The van der Waals surface area contributed by atoms with Gasteiger partial charge in [0, 0.05) is 24.2 Å². The summed E-state index contributed by atoms with van der Waals surface area (Å²) in [5, 5.41) is 14.6. The van der Waals surface area contributed by atoms with Crippen molar-refractivity contribution in [2.75, 3.05) is 32.5 Å². The van der Waals surface area contributed by atoms with Gasteiger partial charge in [-0.05, 0) is 31.6 Å². The molecule has 0 heterocycles. The van der Waals surface area contributed by atoms with Gasteiger partial charge < -0.3 is 10.2 Å². The predicted octanol–water partition coefficient (Wildman–Crippen LogP) is 3.25. The molecular weight excluding hydrogens is 266 g/mol. The van der Waals surface area contributed by atoms with Crippen molar-refractivity contribution in [1.29, 1.82) is 0 Å². The van der Waals surface area contributed by atoms with E-state index in [1.165, 1.54) is 12.1 Å². The van der Waals surface area contributed by atoms with Gasteiger partial charge in [0.1, 0.15) is 5.69 Å². The van der Waals surface area contributed by atoms with Crippen LogP contribution in [0.4, 0.5) is 11.4 Å². The van der Waals surface area contributed by atoms with E-state index < -0.39 is 4.92 Å². The highest BCUT2D eigenvalue weighted by Gasteiger charge is 2.21. The second-order valence-corrected chi connectivity index (χ2v) is 6.11. The summed E-state index contributed by atoms with van der Waals surface area (Å²) in [4.78, 5) is 12.6. The number of rotatable bonds is 6. The number of nitro benzene ring substituents is 1. The first kappa shape index (κ1) is 15.7. The van der Waals surface area contributed by atoms with Gasteiger partial charge in [0.05, 0.1) is 4.92 Å². The molecule has 0 fully saturated rings. The first-order valence-corrected chi connectivity index (χ1v) is 6.42. The Morgan fingerprint density at radius 1 is 1.42 bits per heavy atom. The molecule has 0 radical (unpaired) electrons. The fourth-order valence-corrected chi connectivity index (χ4v) is 2.23. The normalized spacial score (nSPS) is 11.7. The number of nitro groups is 1. The van der Waals surface area contributed by atoms with Crippen LogP contribution in [0.2, 0.25) is 5.02 Å². The molecule has 0 bridgehead atoms. The third-order valence-electron chi connectivity index (χ3n) is 2.66. The maximum absolute atomic E-state index is 10.9. The van der Waals surface area contributed by atoms with Gasteiger partial charge in [0.2, 0.25) is 0 Å². The molecule has 6 heteroatoms. The van der Waals surface area contributed by atoms with E-state index in [0.29, 0.717) is 17.3 Å². The Morgan fingerprint density at radius 2 is 2.05 bits per heavy atom. The molecule has 0 saturated carbocycles. The van der Waals surface area contributed by atoms with E-state index in [-0.39, 0.29) is 11.1 Å². The lowest BCUT2D eigenvalue weighted by Crippen LogP contribution is -2.34. The van der Waals surface area contributed by atoms with Crippen LogP contribution in [0.25, 0.3) is 0 Å². The number of anilines is 1. The van der Waals surface area contributed by atoms with Crippen LogP contribution in [0.1, 0.15) is 13.8 Å². The van der Waals surface area contributed by atoms with Crippen LogP contribution >= 0.6 is 11.6 Å². The highest BCUT2D eigenvalue weighted by Crippen LogP contribution is 2.29. The van der Waals surface area contributed by atoms with Crippen LogP contribution in [0, 0.1) is 15.5 Å². The molecule has 0 saturated heterocycles. The first-order chi connectivity index (χ1) is 8.71. The van der Waals surface area contributed by atoms with Crippen LogP contribution in [0.5, 0.6) is 0 Å². The van der Waals surface area contributed by atoms with E-state index in [0.717, 1.165) is 6.54 Å². The van der Waals surface area contributed by atoms with Gasteiger partial charge in [-0.15, -0.1) is 0 Å². The zero-order chi connectivity index (χ0) is 14.6. The lowest BCUT2D eigenvalue weighted by Gasteiger charge is -2.28. The zero-order valence-corrected chi connectivity index (χ0v) is 12.5. The maximum atomic E-state index is 10.9. The molecule has 0 aromatic heterocycles. The Bertz CT molecular complexity index is 461. The molecule has 1 aromatic carbocycles. The lowest BCUT2D eigenvalue weighted by atomic mass is 9.93. The van der Waals surface area contributed by atoms with Gasteiger partial charge in [0.15, 0.2) is 0 Å². The topological polar surface area (TPSA) is 58.4 Å². The van der Waals surface area contributed by atoms with Crippen LogP contribution < -0.4 is 5.32 Å². The average Bonchev–Trinajstić information content (AvgIpc) is 2.24. The summed E-state index contributed by atoms with van der Waals surface area (Å²) in [7, 11) is 4.01. The van der Waals surface area contributed by atoms with Crippen LogP contribution in [-0.2, 0) is 0 Å². The Labute approximate surface area is 118 Å².